The van der Waals surface area contributed by atoms with Crippen LogP contribution in [0.15, 0.2) is 0 Å². The van der Waals surface area contributed by atoms with E-state index in [0.29, 0.717) is 19.1 Å². The van der Waals surface area contributed by atoms with E-state index >= 15 is 0 Å². The number of carbonyl (C=O) groups is 1. The van der Waals surface area contributed by atoms with Crippen LogP contribution in [-0.4, -0.2) is 48.3 Å². The summed E-state index contributed by atoms with van der Waals surface area (Å²) in [7, 11) is 0. The quantitative estimate of drug-likeness (QED) is 0.696. The lowest BCUT2D eigenvalue weighted by molar-refractivity contribution is -0.156. The average molecular weight is 187 g/mol. The second-order valence-corrected chi connectivity index (χ2v) is 3.85. The number of carboxylic acid groups (broad SMARTS) is 1. The van der Waals surface area contributed by atoms with Crippen LogP contribution >= 0.6 is 0 Å². The summed E-state index contributed by atoms with van der Waals surface area (Å²) in [4.78, 5) is 12.8. The Morgan fingerprint density at radius 2 is 2.38 bits per heavy atom. The molecule has 1 saturated heterocycles. The van der Waals surface area contributed by atoms with Crippen molar-refractivity contribution in [1.82, 2.24) is 4.90 Å². The molecule has 1 aliphatic heterocycles. The van der Waals surface area contributed by atoms with Crippen LogP contribution in [0.25, 0.3) is 0 Å². The Morgan fingerprint density at radius 1 is 1.69 bits per heavy atom. The normalized spacial score (nSPS) is 25.0. The van der Waals surface area contributed by atoms with Gasteiger partial charge in [0.15, 0.2) is 6.10 Å². The molecule has 13 heavy (non-hydrogen) atoms. The Balaban J connectivity index is 2.37. The molecule has 4 nitrogen and oxygen atoms in total. The molecule has 0 aliphatic carbocycles. The number of rotatable bonds is 3. The molecule has 1 heterocycles. The maximum absolute atomic E-state index is 10.6. The van der Waals surface area contributed by atoms with Crippen molar-refractivity contribution in [2.45, 2.75) is 20.0 Å². The van der Waals surface area contributed by atoms with Gasteiger partial charge in [-0.1, -0.05) is 13.8 Å². The fraction of sp³-hybridized carbons (Fsp3) is 0.889. The largest absolute Gasteiger partial charge is 0.479 e. The zero-order valence-electron chi connectivity index (χ0n) is 8.19. The van der Waals surface area contributed by atoms with Crippen LogP contribution in [0.2, 0.25) is 0 Å². The molecular formula is C9H17NO3. The van der Waals surface area contributed by atoms with Gasteiger partial charge in [-0.15, -0.1) is 0 Å². The lowest BCUT2D eigenvalue weighted by Gasteiger charge is -2.31. The molecule has 0 aromatic heterocycles. The Kier molecular flexibility index (Phi) is 3.69. The van der Waals surface area contributed by atoms with E-state index in [4.69, 9.17) is 9.84 Å². The number of morpholine rings is 1. The first-order chi connectivity index (χ1) is 6.09. The summed E-state index contributed by atoms with van der Waals surface area (Å²) >= 11 is 0. The molecule has 1 N–H and O–H groups in total. The molecule has 1 rings (SSSR count). The first-order valence-corrected chi connectivity index (χ1v) is 4.66. The van der Waals surface area contributed by atoms with E-state index in [1.54, 1.807) is 0 Å². The van der Waals surface area contributed by atoms with Crippen LogP contribution in [0.1, 0.15) is 13.8 Å². The Hall–Kier alpha value is -0.610. The average Bonchev–Trinajstić information content (AvgIpc) is 2.03. The summed E-state index contributed by atoms with van der Waals surface area (Å²) in [6.07, 6.45) is -0.632. The van der Waals surface area contributed by atoms with Gasteiger partial charge in [0.1, 0.15) is 0 Å². The lowest BCUT2D eigenvalue weighted by atomic mass is 10.2. The molecule has 1 aliphatic rings. The molecule has 1 unspecified atom stereocenters. The molecule has 4 heteroatoms. The van der Waals surface area contributed by atoms with Crippen LogP contribution in [0, 0.1) is 5.92 Å². The minimum absolute atomic E-state index is 0.521. The van der Waals surface area contributed by atoms with Crippen molar-refractivity contribution in [2.24, 2.45) is 5.92 Å². The van der Waals surface area contributed by atoms with Gasteiger partial charge in [0, 0.05) is 19.6 Å². The molecule has 0 bridgehead atoms. The zero-order chi connectivity index (χ0) is 9.84. The number of hydrogen-bond acceptors (Lipinski definition) is 3. The maximum atomic E-state index is 10.6. The van der Waals surface area contributed by atoms with Gasteiger partial charge in [0.05, 0.1) is 6.61 Å². The van der Waals surface area contributed by atoms with E-state index in [1.807, 2.05) is 0 Å². The highest BCUT2D eigenvalue weighted by Gasteiger charge is 2.25. The van der Waals surface area contributed by atoms with Crippen LogP contribution in [0.4, 0.5) is 0 Å². The van der Waals surface area contributed by atoms with Crippen molar-refractivity contribution >= 4 is 5.97 Å². The first kappa shape index (κ1) is 10.5. The molecule has 0 radical (unpaired) electrons. The van der Waals surface area contributed by atoms with E-state index < -0.39 is 12.1 Å². The predicted octanol–water partition coefficient (Wildman–Crippen LogP) is 0.428. The number of nitrogens with zero attached hydrogens (tertiary/aromatic N) is 1. The third-order valence-corrected chi connectivity index (χ3v) is 2.05. The van der Waals surface area contributed by atoms with Crippen molar-refractivity contribution < 1.29 is 14.6 Å². The third kappa shape index (κ3) is 3.32. The predicted molar refractivity (Wildman–Crippen MR) is 48.7 cm³/mol. The summed E-state index contributed by atoms with van der Waals surface area (Å²) in [5, 5.41) is 8.74. The van der Waals surface area contributed by atoms with Crippen LogP contribution in [0.5, 0.6) is 0 Å². The van der Waals surface area contributed by atoms with Gasteiger partial charge >= 0.3 is 5.97 Å². The number of hydrogen-bond donors (Lipinski definition) is 1. The summed E-state index contributed by atoms with van der Waals surface area (Å²) in [5.74, 6) is -0.277. The summed E-state index contributed by atoms with van der Waals surface area (Å²) in [5.41, 5.74) is 0. The topological polar surface area (TPSA) is 49.8 Å². The molecule has 76 valence electrons. The molecule has 0 amide bonds. The van der Waals surface area contributed by atoms with Crippen molar-refractivity contribution in [3.8, 4) is 0 Å². The smallest absolute Gasteiger partial charge is 0.334 e. The second-order valence-electron chi connectivity index (χ2n) is 3.85. The van der Waals surface area contributed by atoms with Crippen molar-refractivity contribution in [2.75, 3.05) is 26.2 Å². The highest BCUT2D eigenvalue weighted by Crippen LogP contribution is 2.07. The molecule has 1 fully saturated rings. The van der Waals surface area contributed by atoms with Crippen molar-refractivity contribution in [3.63, 3.8) is 0 Å². The molecule has 1 atom stereocenters. The van der Waals surface area contributed by atoms with Crippen LogP contribution in [0.3, 0.4) is 0 Å². The minimum atomic E-state index is -0.853. The van der Waals surface area contributed by atoms with Gasteiger partial charge < -0.3 is 9.84 Å². The van der Waals surface area contributed by atoms with Gasteiger partial charge in [-0.05, 0) is 5.92 Å². The van der Waals surface area contributed by atoms with Gasteiger partial charge in [-0.2, -0.15) is 0 Å². The Bertz CT molecular complexity index is 182. The van der Waals surface area contributed by atoms with Gasteiger partial charge in [-0.25, -0.2) is 4.79 Å². The maximum Gasteiger partial charge on any atom is 0.334 e. The molecule has 0 spiro atoms. The number of aliphatic carboxylic acids is 1. The molecular weight excluding hydrogens is 170 g/mol. The standard InChI is InChI=1S/C9H17NO3/c1-7(2)5-10-3-4-13-8(6-10)9(11)12/h7-8H,3-6H2,1-2H3,(H,11,12). The van der Waals surface area contributed by atoms with Crippen LogP contribution < -0.4 is 0 Å². The highest BCUT2D eigenvalue weighted by atomic mass is 16.5. The fourth-order valence-corrected chi connectivity index (χ4v) is 1.53. The summed E-state index contributed by atoms with van der Waals surface area (Å²) < 4.78 is 5.11. The fourth-order valence-electron chi connectivity index (χ4n) is 1.53. The first-order valence-electron chi connectivity index (χ1n) is 4.66. The molecule has 0 aromatic carbocycles. The van der Waals surface area contributed by atoms with Gasteiger partial charge in [0.2, 0.25) is 0 Å². The van der Waals surface area contributed by atoms with Crippen LogP contribution in [-0.2, 0) is 9.53 Å². The van der Waals surface area contributed by atoms with Crippen molar-refractivity contribution in [1.29, 1.82) is 0 Å². The molecule has 0 aromatic rings. The second kappa shape index (κ2) is 4.58. The van der Waals surface area contributed by atoms with Gasteiger partial charge in [-0.3, -0.25) is 4.90 Å². The summed E-state index contributed by atoms with van der Waals surface area (Å²) in [6.45, 7) is 7.11. The van der Waals surface area contributed by atoms with E-state index in [2.05, 4.69) is 18.7 Å². The SMILES string of the molecule is CC(C)CN1CCOC(C(=O)O)C1. The minimum Gasteiger partial charge on any atom is -0.479 e. The highest BCUT2D eigenvalue weighted by molar-refractivity contribution is 5.72. The monoisotopic (exact) mass is 187 g/mol. The van der Waals surface area contributed by atoms with E-state index in [9.17, 15) is 4.79 Å². The zero-order valence-corrected chi connectivity index (χ0v) is 8.19. The Morgan fingerprint density at radius 3 is 2.92 bits per heavy atom. The lowest BCUT2D eigenvalue weighted by Crippen LogP contribution is -2.47. The molecule has 0 saturated carbocycles. The third-order valence-electron chi connectivity index (χ3n) is 2.05. The number of ether oxygens (including phenoxy) is 1. The summed E-state index contributed by atoms with van der Waals surface area (Å²) in [6, 6.07) is 0. The van der Waals surface area contributed by atoms with E-state index in [-0.39, 0.29) is 0 Å². The number of carboxylic acids is 1. The Labute approximate surface area is 78.5 Å². The van der Waals surface area contributed by atoms with Crippen molar-refractivity contribution in [3.05, 3.63) is 0 Å². The van der Waals surface area contributed by atoms with E-state index in [1.165, 1.54) is 0 Å². The van der Waals surface area contributed by atoms with E-state index in [0.717, 1.165) is 13.1 Å². The van der Waals surface area contributed by atoms with Gasteiger partial charge in [0.25, 0.3) is 0 Å².